The summed E-state index contributed by atoms with van der Waals surface area (Å²) in [5.74, 6) is -0.0251. The third-order valence-electron chi connectivity index (χ3n) is 6.16. The number of carbonyl (C=O) groups excluding carboxylic acids is 3. The molecule has 1 atom stereocenters. The SMILES string of the molecule is COc1ccccc1CCNC(=O)CN1C(=O)N[C@](C)(c2ccc3c(c2)CCC3)C1=O. The molecule has 31 heavy (non-hydrogen) atoms. The molecule has 4 rings (SSSR count). The molecule has 2 N–H and O–H groups in total. The molecule has 7 heteroatoms. The molecule has 0 unspecified atom stereocenters. The Morgan fingerprint density at radius 3 is 2.74 bits per heavy atom. The molecule has 1 aliphatic heterocycles. The van der Waals surface area contributed by atoms with Crippen molar-refractivity contribution in [1.82, 2.24) is 15.5 Å². The van der Waals surface area contributed by atoms with E-state index in [1.165, 1.54) is 11.1 Å². The number of urea groups is 1. The van der Waals surface area contributed by atoms with Gasteiger partial charge in [0.1, 0.15) is 17.8 Å². The number of ether oxygens (including phenoxy) is 1. The average molecular weight is 421 g/mol. The van der Waals surface area contributed by atoms with E-state index < -0.39 is 17.5 Å². The van der Waals surface area contributed by atoms with Gasteiger partial charge in [-0.05, 0) is 60.9 Å². The molecule has 162 valence electrons. The molecule has 7 nitrogen and oxygen atoms in total. The lowest BCUT2D eigenvalue weighted by molar-refractivity contribution is -0.134. The highest BCUT2D eigenvalue weighted by atomic mass is 16.5. The first-order valence-electron chi connectivity index (χ1n) is 10.6. The van der Waals surface area contributed by atoms with Gasteiger partial charge >= 0.3 is 6.03 Å². The molecule has 1 heterocycles. The molecule has 1 fully saturated rings. The second-order valence-corrected chi connectivity index (χ2v) is 8.20. The van der Waals surface area contributed by atoms with Crippen LogP contribution in [0, 0.1) is 0 Å². The molecule has 2 aromatic rings. The number of fused-ring (bicyclic) bond motifs is 1. The van der Waals surface area contributed by atoms with Crippen LogP contribution in [0.3, 0.4) is 0 Å². The van der Waals surface area contributed by atoms with E-state index in [9.17, 15) is 14.4 Å². The van der Waals surface area contributed by atoms with Gasteiger partial charge in [-0.25, -0.2) is 4.79 Å². The van der Waals surface area contributed by atoms with Gasteiger partial charge in [0.2, 0.25) is 5.91 Å². The summed E-state index contributed by atoms with van der Waals surface area (Å²) in [6.07, 6.45) is 3.73. The van der Waals surface area contributed by atoms with Crippen molar-refractivity contribution in [3.05, 3.63) is 64.7 Å². The fourth-order valence-electron chi connectivity index (χ4n) is 4.36. The van der Waals surface area contributed by atoms with Crippen LogP contribution >= 0.6 is 0 Å². The van der Waals surface area contributed by atoms with Gasteiger partial charge in [0.05, 0.1) is 7.11 Å². The Balaban J connectivity index is 1.38. The second kappa shape index (κ2) is 8.41. The maximum absolute atomic E-state index is 13.1. The molecule has 0 radical (unpaired) electrons. The van der Waals surface area contributed by atoms with Gasteiger partial charge < -0.3 is 15.4 Å². The number of rotatable bonds is 7. The number of hydrogen-bond acceptors (Lipinski definition) is 4. The number of nitrogens with one attached hydrogen (secondary N) is 2. The average Bonchev–Trinajstić information content (AvgIpc) is 3.32. The van der Waals surface area contributed by atoms with Gasteiger partial charge in [0.25, 0.3) is 5.91 Å². The first-order chi connectivity index (χ1) is 14.9. The Morgan fingerprint density at radius 2 is 1.94 bits per heavy atom. The molecule has 4 amide bonds. The van der Waals surface area contributed by atoms with Crippen molar-refractivity contribution in [3.63, 3.8) is 0 Å². The monoisotopic (exact) mass is 421 g/mol. The van der Waals surface area contributed by atoms with Crippen LogP contribution in [0.1, 0.15) is 35.6 Å². The maximum Gasteiger partial charge on any atom is 0.325 e. The number of aryl methyl sites for hydroxylation is 2. The van der Waals surface area contributed by atoms with Crippen LogP contribution in [0.4, 0.5) is 4.79 Å². The number of methoxy groups -OCH3 is 1. The lowest BCUT2D eigenvalue weighted by Gasteiger charge is -2.23. The van der Waals surface area contributed by atoms with Crippen LogP contribution in [0.15, 0.2) is 42.5 Å². The molecule has 2 aromatic carbocycles. The highest BCUT2D eigenvalue weighted by molar-refractivity contribution is 6.09. The van der Waals surface area contributed by atoms with Gasteiger partial charge in [0, 0.05) is 6.54 Å². The van der Waals surface area contributed by atoms with E-state index in [0.717, 1.165) is 41.0 Å². The quantitative estimate of drug-likeness (QED) is 0.672. The number of para-hydroxylation sites is 1. The summed E-state index contributed by atoms with van der Waals surface area (Å²) in [6.45, 7) is 1.77. The summed E-state index contributed by atoms with van der Waals surface area (Å²) < 4.78 is 5.31. The van der Waals surface area contributed by atoms with Crippen LogP contribution in [0.2, 0.25) is 0 Å². The predicted octanol–water partition coefficient (Wildman–Crippen LogP) is 2.31. The number of nitrogens with zero attached hydrogens (tertiary/aromatic N) is 1. The summed E-state index contributed by atoms with van der Waals surface area (Å²) in [5, 5.41) is 5.56. The Hall–Kier alpha value is -3.35. The summed E-state index contributed by atoms with van der Waals surface area (Å²) in [6, 6.07) is 13.0. The Bertz CT molecular complexity index is 1040. The number of hydrogen-bond donors (Lipinski definition) is 2. The molecule has 0 saturated carbocycles. The largest absolute Gasteiger partial charge is 0.496 e. The summed E-state index contributed by atoms with van der Waals surface area (Å²) in [7, 11) is 1.60. The Kier molecular flexibility index (Phi) is 5.67. The fraction of sp³-hybridized carbons (Fsp3) is 0.375. The Labute approximate surface area is 181 Å². The van der Waals surface area contributed by atoms with E-state index in [1.807, 2.05) is 42.5 Å². The van der Waals surface area contributed by atoms with Gasteiger partial charge in [-0.2, -0.15) is 0 Å². The van der Waals surface area contributed by atoms with Gasteiger partial charge in [0.15, 0.2) is 0 Å². The molecule has 0 aromatic heterocycles. The van der Waals surface area contributed by atoms with E-state index in [2.05, 4.69) is 10.6 Å². The van der Waals surface area contributed by atoms with Gasteiger partial charge in [-0.15, -0.1) is 0 Å². The Morgan fingerprint density at radius 1 is 1.16 bits per heavy atom. The molecule has 0 spiro atoms. The van der Waals surface area contributed by atoms with Crippen LogP contribution in [-0.2, 0) is 34.4 Å². The minimum absolute atomic E-state index is 0.308. The van der Waals surface area contributed by atoms with E-state index >= 15 is 0 Å². The lowest BCUT2D eigenvalue weighted by Crippen LogP contribution is -2.43. The van der Waals surface area contributed by atoms with Crippen LogP contribution in [0.25, 0.3) is 0 Å². The summed E-state index contributed by atoms with van der Waals surface area (Å²) in [5.41, 5.74) is 3.10. The van der Waals surface area contributed by atoms with Gasteiger partial charge in [-0.1, -0.05) is 36.4 Å². The standard InChI is InChI=1S/C24H27N3O4/c1-24(19-11-10-16-7-5-8-18(16)14-19)22(29)27(23(30)26-24)15-21(28)25-13-12-17-6-3-4-9-20(17)31-2/h3-4,6,9-11,14H,5,7-8,12-13,15H2,1-2H3,(H,25,28)(H,26,30)/t24-/m1/s1. The number of imide groups is 1. The zero-order chi connectivity index (χ0) is 22.0. The first-order valence-corrected chi connectivity index (χ1v) is 10.6. The van der Waals surface area contributed by atoms with Crippen molar-refractivity contribution >= 4 is 17.8 Å². The van der Waals surface area contributed by atoms with E-state index in [1.54, 1.807) is 14.0 Å². The third-order valence-corrected chi connectivity index (χ3v) is 6.16. The molecule has 0 bridgehead atoms. The summed E-state index contributed by atoms with van der Waals surface area (Å²) >= 11 is 0. The molecule has 1 aliphatic carbocycles. The molecule has 1 saturated heterocycles. The van der Waals surface area contributed by atoms with Crippen molar-refractivity contribution in [1.29, 1.82) is 0 Å². The topological polar surface area (TPSA) is 87.7 Å². The fourth-order valence-corrected chi connectivity index (χ4v) is 4.36. The molecular formula is C24H27N3O4. The second-order valence-electron chi connectivity index (χ2n) is 8.20. The smallest absolute Gasteiger partial charge is 0.325 e. The van der Waals surface area contributed by atoms with Crippen molar-refractivity contribution in [2.75, 3.05) is 20.2 Å². The number of benzene rings is 2. The maximum atomic E-state index is 13.1. The van der Waals surface area contributed by atoms with E-state index in [0.29, 0.717) is 13.0 Å². The van der Waals surface area contributed by atoms with E-state index in [4.69, 9.17) is 4.74 Å². The van der Waals surface area contributed by atoms with Gasteiger partial charge in [-0.3, -0.25) is 14.5 Å². The lowest BCUT2D eigenvalue weighted by atomic mass is 9.89. The van der Waals surface area contributed by atoms with Crippen LogP contribution < -0.4 is 15.4 Å². The predicted molar refractivity (Wildman–Crippen MR) is 116 cm³/mol. The van der Waals surface area contributed by atoms with Crippen molar-refractivity contribution in [2.45, 2.75) is 38.1 Å². The number of carbonyl (C=O) groups is 3. The highest BCUT2D eigenvalue weighted by Gasteiger charge is 2.49. The van der Waals surface area contributed by atoms with Crippen molar-refractivity contribution < 1.29 is 19.1 Å². The minimum atomic E-state index is -1.16. The van der Waals surface area contributed by atoms with Crippen molar-refractivity contribution in [3.8, 4) is 5.75 Å². The minimum Gasteiger partial charge on any atom is -0.496 e. The third kappa shape index (κ3) is 4.00. The zero-order valence-corrected chi connectivity index (χ0v) is 17.9. The van der Waals surface area contributed by atoms with Crippen LogP contribution in [-0.4, -0.2) is 42.9 Å². The first kappa shape index (κ1) is 20.9. The van der Waals surface area contributed by atoms with Crippen molar-refractivity contribution in [2.24, 2.45) is 0 Å². The summed E-state index contributed by atoms with van der Waals surface area (Å²) in [4.78, 5) is 39.0. The zero-order valence-electron chi connectivity index (χ0n) is 17.9. The van der Waals surface area contributed by atoms with E-state index in [-0.39, 0.29) is 12.5 Å². The molecule has 2 aliphatic rings. The normalized spacial score (nSPS) is 19.9. The van der Waals surface area contributed by atoms with Crippen LogP contribution in [0.5, 0.6) is 5.75 Å². The highest BCUT2D eigenvalue weighted by Crippen LogP contribution is 2.32. The molecular weight excluding hydrogens is 394 g/mol. The number of amides is 4.